The number of para-hydroxylation sites is 3. The SMILES string of the molecule is O=c1/c(=C\c2ccn(-c3ccccc3)c2)sc2nc3ccccc3n12. The number of benzene rings is 2. The fourth-order valence-corrected chi connectivity index (χ4v) is 4.01. The summed E-state index contributed by atoms with van der Waals surface area (Å²) in [4.78, 5) is 18.1. The quantitative estimate of drug-likeness (QED) is 0.494. The van der Waals surface area contributed by atoms with Gasteiger partial charge in [0, 0.05) is 18.1 Å². The van der Waals surface area contributed by atoms with Gasteiger partial charge in [-0.15, -0.1) is 0 Å². The standard InChI is InChI=1S/C20H13N3OS/c24-19-18(25-20-21-16-8-4-5-9-17(16)23(19)20)12-14-10-11-22(13-14)15-6-2-1-3-7-15/h1-13H/b18-12+. The Kier molecular flexibility index (Phi) is 3.08. The van der Waals surface area contributed by atoms with Crippen molar-refractivity contribution in [2.75, 3.05) is 0 Å². The fraction of sp³-hybridized carbons (Fsp3) is 0. The molecule has 0 spiro atoms. The minimum absolute atomic E-state index is 0.0128. The lowest BCUT2D eigenvalue weighted by Gasteiger charge is -2.00. The molecule has 0 aliphatic carbocycles. The van der Waals surface area contributed by atoms with E-state index >= 15 is 0 Å². The van der Waals surface area contributed by atoms with Gasteiger partial charge in [0.1, 0.15) is 0 Å². The highest BCUT2D eigenvalue weighted by molar-refractivity contribution is 7.15. The molecule has 3 heterocycles. The number of hydrogen-bond acceptors (Lipinski definition) is 3. The van der Waals surface area contributed by atoms with E-state index in [1.807, 2.05) is 83.7 Å². The summed E-state index contributed by atoms with van der Waals surface area (Å²) in [6.07, 6.45) is 5.95. The molecule has 0 aliphatic rings. The zero-order valence-corrected chi connectivity index (χ0v) is 14.0. The highest BCUT2D eigenvalue weighted by Crippen LogP contribution is 2.16. The molecule has 0 saturated carbocycles. The Hall–Kier alpha value is -3.18. The van der Waals surface area contributed by atoms with Crippen LogP contribution >= 0.6 is 11.3 Å². The summed E-state index contributed by atoms with van der Waals surface area (Å²) in [5.74, 6) is 0. The van der Waals surface area contributed by atoms with E-state index in [4.69, 9.17) is 0 Å². The molecule has 0 radical (unpaired) electrons. The molecular formula is C20H13N3OS. The molecule has 5 heteroatoms. The van der Waals surface area contributed by atoms with E-state index in [-0.39, 0.29) is 5.56 Å². The summed E-state index contributed by atoms with van der Waals surface area (Å²) in [6.45, 7) is 0. The van der Waals surface area contributed by atoms with Gasteiger partial charge in [0.15, 0.2) is 4.96 Å². The molecule has 0 N–H and O–H groups in total. The highest BCUT2D eigenvalue weighted by atomic mass is 32.1. The second kappa shape index (κ2) is 5.43. The van der Waals surface area contributed by atoms with Crippen molar-refractivity contribution in [3.63, 3.8) is 0 Å². The summed E-state index contributed by atoms with van der Waals surface area (Å²) >= 11 is 1.42. The van der Waals surface area contributed by atoms with Crippen molar-refractivity contribution in [2.45, 2.75) is 0 Å². The molecule has 0 atom stereocenters. The molecule has 0 aliphatic heterocycles. The number of rotatable bonds is 2. The van der Waals surface area contributed by atoms with Crippen LogP contribution in [0.25, 0.3) is 27.8 Å². The van der Waals surface area contributed by atoms with Crippen molar-refractivity contribution in [1.82, 2.24) is 14.0 Å². The molecule has 120 valence electrons. The van der Waals surface area contributed by atoms with Crippen LogP contribution in [0.2, 0.25) is 0 Å². The van der Waals surface area contributed by atoms with Gasteiger partial charge in [0.2, 0.25) is 0 Å². The largest absolute Gasteiger partial charge is 0.323 e. The maximum absolute atomic E-state index is 12.8. The van der Waals surface area contributed by atoms with Crippen LogP contribution in [0.1, 0.15) is 5.56 Å². The first-order chi connectivity index (χ1) is 12.3. The topological polar surface area (TPSA) is 39.3 Å². The number of thiazole rings is 1. The molecule has 3 aromatic heterocycles. The first kappa shape index (κ1) is 14.2. The smallest absolute Gasteiger partial charge is 0.274 e. The van der Waals surface area contributed by atoms with Gasteiger partial charge >= 0.3 is 0 Å². The van der Waals surface area contributed by atoms with Gasteiger partial charge in [-0.1, -0.05) is 41.7 Å². The Labute approximate surface area is 146 Å². The zero-order chi connectivity index (χ0) is 16.8. The monoisotopic (exact) mass is 343 g/mol. The van der Waals surface area contributed by atoms with Crippen molar-refractivity contribution >= 4 is 33.4 Å². The van der Waals surface area contributed by atoms with Gasteiger partial charge in [0.25, 0.3) is 5.56 Å². The summed E-state index contributed by atoms with van der Waals surface area (Å²) < 4.78 is 4.43. The number of nitrogens with zero attached hydrogens (tertiary/aromatic N) is 3. The van der Waals surface area contributed by atoms with Gasteiger partial charge in [-0.3, -0.25) is 4.79 Å². The van der Waals surface area contributed by atoms with Crippen molar-refractivity contribution in [1.29, 1.82) is 0 Å². The molecule has 4 nitrogen and oxygen atoms in total. The first-order valence-corrected chi connectivity index (χ1v) is 8.76. The number of fused-ring (bicyclic) bond motifs is 3. The third-order valence-corrected chi connectivity index (χ3v) is 5.18. The average Bonchev–Trinajstić information content (AvgIpc) is 3.32. The van der Waals surface area contributed by atoms with Crippen molar-refractivity contribution < 1.29 is 0 Å². The van der Waals surface area contributed by atoms with Gasteiger partial charge in [0.05, 0.1) is 15.6 Å². The van der Waals surface area contributed by atoms with Crippen molar-refractivity contribution in [3.8, 4) is 5.69 Å². The van der Waals surface area contributed by atoms with E-state index in [1.54, 1.807) is 4.40 Å². The molecule has 0 unspecified atom stereocenters. The van der Waals surface area contributed by atoms with Crippen LogP contribution in [0.3, 0.4) is 0 Å². The fourth-order valence-electron chi connectivity index (χ4n) is 3.02. The summed E-state index contributed by atoms with van der Waals surface area (Å²) in [7, 11) is 0. The molecule has 5 rings (SSSR count). The van der Waals surface area contributed by atoms with E-state index in [1.165, 1.54) is 11.3 Å². The third kappa shape index (κ3) is 2.28. The minimum atomic E-state index is -0.0128. The first-order valence-electron chi connectivity index (χ1n) is 7.95. The predicted molar refractivity (Wildman–Crippen MR) is 101 cm³/mol. The van der Waals surface area contributed by atoms with E-state index in [0.717, 1.165) is 27.2 Å². The van der Waals surface area contributed by atoms with E-state index in [9.17, 15) is 4.79 Å². The van der Waals surface area contributed by atoms with Crippen LogP contribution in [0.15, 0.2) is 77.9 Å². The lowest BCUT2D eigenvalue weighted by atomic mass is 10.3. The van der Waals surface area contributed by atoms with E-state index < -0.39 is 0 Å². The predicted octanol–water partition coefficient (Wildman–Crippen LogP) is 3.25. The van der Waals surface area contributed by atoms with Gasteiger partial charge in [-0.2, -0.15) is 0 Å². The van der Waals surface area contributed by atoms with Crippen LogP contribution in [0, 0.1) is 0 Å². The zero-order valence-electron chi connectivity index (χ0n) is 13.2. The van der Waals surface area contributed by atoms with Gasteiger partial charge in [-0.25, -0.2) is 9.38 Å². The second-order valence-electron chi connectivity index (χ2n) is 5.82. The molecule has 0 amide bonds. The average molecular weight is 343 g/mol. The highest BCUT2D eigenvalue weighted by Gasteiger charge is 2.10. The summed E-state index contributed by atoms with van der Waals surface area (Å²) in [5.41, 5.74) is 3.79. The second-order valence-corrected chi connectivity index (χ2v) is 6.83. The molecule has 2 aromatic carbocycles. The van der Waals surface area contributed by atoms with Crippen LogP contribution in [-0.4, -0.2) is 14.0 Å². The van der Waals surface area contributed by atoms with Crippen LogP contribution in [-0.2, 0) is 0 Å². The van der Waals surface area contributed by atoms with Crippen LogP contribution in [0.5, 0.6) is 0 Å². The van der Waals surface area contributed by atoms with Crippen LogP contribution in [0.4, 0.5) is 0 Å². The number of aromatic nitrogens is 3. The molecule has 0 fully saturated rings. The summed E-state index contributed by atoms with van der Waals surface area (Å²) in [6, 6.07) is 19.8. The Morgan fingerprint density at radius 2 is 1.76 bits per heavy atom. The Morgan fingerprint density at radius 3 is 2.64 bits per heavy atom. The number of hydrogen-bond donors (Lipinski definition) is 0. The summed E-state index contributed by atoms with van der Waals surface area (Å²) in [5, 5.41) is 0. The molecular weight excluding hydrogens is 330 g/mol. The van der Waals surface area contributed by atoms with Gasteiger partial charge in [-0.05, 0) is 42.0 Å². The van der Waals surface area contributed by atoms with Crippen LogP contribution < -0.4 is 10.1 Å². The van der Waals surface area contributed by atoms with Gasteiger partial charge < -0.3 is 4.57 Å². The maximum Gasteiger partial charge on any atom is 0.274 e. The van der Waals surface area contributed by atoms with Crippen molar-refractivity contribution in [2.24, 2.45) is 0 Å². The van der Waals surface area contributed by atoms with Crippen molar-refractivity contribution in [3.05, 3.63) is 93.5 Å². The van der Waals surface area contributed by atoms with E-state index in [0.29, 0.717) is 4.53 Å². The lowest BCUT2D eigenvalue weighted by Crippen LogP contribution is -2.22. The maximum atomic E-state index is 12.8. The number of imidazole rings is 1. The minimum Gasteiger partial charge on any atom is -0.323 e. The molecule has 5 aromatic rings. The third-order valence-electron chi connectivity index (χ3n) is 4.21. The molecule has 0 bridgehead atoms. The lowest BCUT2D eigenvalue weighted by molar-refractivity contribution is 1.08. The molecule has 0 saturated heterocycles. The van der Waals surface area contributed by atoms with E-state index in [2.05, 4.69) is 4.98 Å². The Balaban J connectivity index is 1.65. The Bertz CT molecular complexity index is 1310. The molecule has 25 heavy (non-hydrogen) atoms. The normalized spacial score (nSPS) is 12.4. The Morgan fingerprint density at radius 1 is 0.960 bits per heavy atom.